The molecule has 10 heteroatoms. The molecule has 4 N–H and O–H groups in total. The Morgan fingerprint density at radius 2 is 1.75 bits per heavy atom. The summed E-state index contributed by atoms with van der Waals surface area (Å²) in [7, 11) is -1.12. The van der Waals surface area contributed by atoms with E-state index in [2.05, 4.69) is 25.2 Å². The number of hydrogen-bond donors (Lipinski definition) is 4. The van der Waals surface area contributed by atoms with Crippen molar-refractivity contribution < 1.29 is 4.21 Å². The maximum atomic E-state index is 11.2. The van der Waals surface area contributed by atoms with Gasteiger partial charge in [-0.05, 0) is 42.5 Å². The molecule has 0 amide bonds. The lowest BCUT2D eigenvalue weighted by molar-refractivity contribution is 0.690. The number of anilines is 4. The van der Waals surface area contributed by atoms with Gasteiger partial charge in [-0.25, -0.2) is 19.2 Å². The van der Waals surface area contributed by atoms with Gasteiger partial charge in [0.1, 0.15) is 17.3 Å². The summed E-state index contributed by atoms with van der Waals surface area (Å²) >= 11 is 0. The summed E-state index contributed by atoms with van der Waals surface area (Å²) in [5, 5.41) is 14.7. The summed E-state index contributed by atoms with van der Waals surface area (Å²) in [6, 6.07) is 16.3. The van der Waals surface area contributed by atoms with Crippen LogP contribution in [0.15, 0.2) is 66.0 Å². The molecule has 0 aliphatic heterocycles. The van der Waals surface area contributed by atoms with E-state index in [4.69, 9.17) is 10.9 Å². The lowest BCUT2D eigenvalue weighted by atomic mass is 10.1. The van der Waals surface area contributed by atoms with Gasteiger partial charge in [-0.1, -0.05) is 17.4 Å². The normalized spacial score (nSPS) is 11.3. The summed E-state index contributed by atoms with van der Waals surface area (Å²) in [5.41, 5.74) is 10.8. The van der Waals surface area contributed by atoms with Crippen LogP contribution in [0.1, 0.15) is 0 Å². The van der Waals surface area contributed by atoms with Crippen LogP contribution in [0.5, 0.6) is 0 Å². The fourth-order valence-electron chi connectivity index (χ4n) is 2.44. The van der Waals surface area contributed by atoms with Crippen molar-refractivity contribution >= 4 is 40.3 Å². The molecule has 0 bridgehead atoms. The predicted octanol–water partition coefficient (Wildman–Crippen LogP) is 3.95. The lowest BCUT2D eigenvalue weighted by Gasteiger charge is -2.11. The summed E-state index contributed by atoms with van der Waals surface area (Å²) in [4.78, 5) is 8.76. The van der Waals surface area contributed by atoms with E-state index in [0.29, 0.717) is 11.6 Å². The number of hydrogen-bond acceptors (Lipinski definition) is 7. The molecular formula is C18H18N8OS. The van der Waals surface area contributed by atoms with Crippen molar-refractivity contribution in [2.24, 2.45) is 5.22 Å². The van der Waals surface area contributed by atoms with Gasteiger partial charge in [0.2, 0.25) is 5.95 Å². The molecule has 1 heterocycles. The van der Waals surface area contributed by atoms with E-state index in [1.807, 2.05) is 30.3 Å². The van der Waals surface area contributed by atoms with E-state index in [1.54, 1.807) is 36.7 Å². The zero-order valence-corrected chi connectivity index (χ0v) is 15.8. The Bertz CT molecular complexity index is 983. The molecule has 1 aromatic heterocycles. The number of nitrogens with one attached hydrogen (secondary N) is 4. The van der Waals surface area contributed by atoms with Gasteiger partial charge < -0.3 is 10.0 Å². The predicted molar refractivity (Wildman–Crippen MR) is 111 cm³/mol. The first-order chi connectivity index (χ1) is 13.6. The summed E-state index contributed by atoms with van der Waals surface area (Å²) in [6.45, 7) is 0. The van der Waals surface area contributed by atoms with E-state index < -0.39 is 11.0 Å². The Balaban J connectivity index is 1.75. The minimum atomic E-state index is -1.12. The molecule has 142 valence electrons. The Kier molecular flexibility index (Phi) is 6.02. The third-order valence-corrected chi connectivity index (χ3v) is 4.24. The van der Waals surface area contributed by atoms with Crippen LogP contribution in [0.25, 0.3) is 11.3 Å². The first-order valence-electron chi connectivity index (χ1n) is 8.17. The van der Waals surface area contributed by atoms with E-state index >= 15 is 0 Å². The molecule has 9 nitrogen and oxygen atoms in total. The van der Waals surface area contributed by atoms with Crippen molar-refractivity contribution in [2.45, 2.75) is 0 Å². The molecule has 0 spiro atoms. The molecule has 0 radical (unpaired) electrons. The molecule has 0 fully saturated rings. The smallest absolute Gasteiger partial charge is 0.227 e. The van der Waals surface area contributed by atoms with Gasteiger partial charge in [0, 0.05) is 29.4 Å². The molecular weight excluding hydrogens is 376 g/mol. The third kappa shape index (κ3) is 4.74. The highest BCUT2D eigenvalue weighted by Gasteiger charge is 2.05. The Morgan fingerprint density at radius 3 is 2.36 bits per heavy atom. The Labute approximate surface area is 164 Å². The molecule has 3 aromatic rings. The number of nitrogens with zero attached hydrogens (tertiary/aromatic N) is 4. The van der Waals surface area contributed by atoms with Gasteiger partial charge in [-0.15, -0.1) is 0 Å². The van der Waals surface area contributed by atoms with Crippen LogP contribution in [0.2, 0.25) is 0 Å². The summed E-state index contributed by atoms with van der Waals surface area (Å²) in [5.74, 6) is 0.441. The van der Waals surface area contributed by atoms with Gasteiger partial charge >= 0.3 is 0 Å². The molecule has 2 aromatic carbocycles. The van der Waals surface area contributed by atoms with Crippen molar-refractivity contribution in [3.63, 3.8) is 0 Å². The number of benzene rings is 2. The molecule has 0 saturated carbocycles. The zero-order valence-electron chi connectivity index (χ0n) is 15.0. The van der Waals surface area contributed by atoms with Crippen LogP contribution < -0.4 is 15.0 Å². The highest BCUT2D eigenvalue weighted by Crippen LogP contribution is 2.23. The average Bonchev–Trinajstić information content (AvgIpc) is 2.70. The van der Waals surface area contributed by atoms with Crippen LogP contribution in [0.4, 0.5) is 23.0 Å². The second-order valence-corrected chi connectivity index (χ2v) is 6.76. The van der Waals surface area contributed by atoms with E-state index in [9.17, 15) is 4.21 Å². The van der Waals surface area contributed by atoms with Crippen molar-refractivity contribution in [1.82, 2.24) is 9.97 Å². The van der Waals surface area contributed by atoms with E-state index in [0.717, 1.165) is 34.0 Å². The first-order valence-corrected chi connectivity index (χ1v) is 9.72. The monoisotopic (exact) mass is 394 g/mol. The molecule has 3 rings (SSSR count). The fourth-order valence-corrected chi connectivity index (χ4v) is 2.91. The van der Waals surface area contributed by atoms with Gasteiger partial charge in [0.25, 0.3) is 0 Å². The number of rotatable bonds is 8. The minimum absolute atomic E-state index is 0.441. The first kappa shape index (κ1) is 19.1. The molecule has 0 aliphatic carbocycles. The summed E-state index contributed by atoms with van der Waals surface area (Å²) < 4.78 is 14.1. The maximum Gasteiger partial charge on any atom is 0.227 e. The van der Waals surface area contributed by atoms with Gasteiger partial charge in [0.05, 0.1) is 11.4 Å². The standard InChI is InChI=1S/C18H18N8OS/c1-28(27)24-15-4-2-13(3-5-15)17-10-11-21-18(23-17)22-14-6-8-16(9-7-14)26(12-19)25-20/h2-12,19-20,24H,1H3,(H,21,22,23). The van der Waals surface area contributed by atoms with E-state index in [1.165, 1.54) is 0 Å². The largest absolute Gasteiger partial charge is 0.324 e. The SMILES string of the molecule is CS(=O)Nc1ccc(-c2ccnc(Nc3ccc(N(C=N)N=N)cc3)n2)cc1. The Morgan fingerprint density at radius 1 is 1.07 bits per heavy atom. The summed E-state index contributed by atoms with van der Waals surface area (Å²) in [6.07, 6.45) is 4.20. The number of aromatic nitrogens is 2. The highest BCUT2D eigenvalue weighted by molar-refractivity contribution is 7.85. The fraction of sp³-hybridized carbons (Fsp3) is 0.0556. The molecule has 1 atom stereocenters. The van der Waals surface area contributed by atoms with Crippen molar-refractivity contribution in [3.8, 4) is 11.3 Å². The molecule has 1 unspecified atom stereocenters. The van der Waals surface area contributed by atoms with Crippen molar-refractivity contribution in [2.75, 3.05) is 21.3 Å². The van der Waals surface area contributed by atoms with Crippen LogP contribution >= 0.6 is 0 Å². The topological polar surface area (TPSA) is 130 Å². The minimum Gasteiger partial charge on any atom is -0.324 e. The second kappa shape index (κ2) is 8.82. The van der Waals surface area contributed by atoms with Gasteiger partial charge in [-0.3, -0.25) is 5.41 Å². The maximum absolute atomic E-state index is 11.2. The lowest BCUT2D eigenvalue weighted by Crippen LogP contribution is -2.10. The van der Waals surface area contributed by atoms with Gasteiger partial charge in [-0.2, -0.15) is 5.53 Å². The highest BCUT2D eigenvalue weighted by atomic mass is 32.2. The second-order valence-electron chi connectivity index (χ2n) is 5.64. The van der Waals surface area contributed by atoms with Crippen molar-refractivity contribution in [3.05, 3.63) is 60.8 Å². The van der Waals surface area contributed by atoms with Crippen LogP contribution in [0.3, 0.4) is 0 Å². The van der Waals surface area contributed by atoms with Crippen molar-refractivity contribution in [1.29, 1.82) is 10.9 Å². The Hall–Kier alpha value is -3.66. The quantitative estimate of drug-likeness (QED) is 0.199. The average molecular weight is 394 g/mol. The van der Waals surface area contributed by atoms with E-state index in [-0.39, 0.29) is 0 Å². The van der Waals surface area contributed by atoms with Gasteiger partial charge in [0.15, 0.2) is 0 Å². The van der Waals surface area contributed by atoms with Crippen LogP contribution in [-0.4, -0.2) is 26.8 Å². The molecule has 0 saturated heterocycles. The van der Waals surface area contributed by atoms with Crippen LogP contribution in [-0.2, 0) is 11.0 Å². The molecule has 0 aliphatic rings. The van der Waals surface area contributed by atoms with Crippen LogP contribution in [0, 0.1) is 10.9 Å². The third-order valence-electron chi connectivity index (χ3n) is 3.72. The molecule has 28 heavy (non-hydrogen) atoms. The zero-order chi connectivity index (χ0) is 19.9.